The first-order valence-electron chi connectivity index (χ1n) is 8.45. The average molecular weight is 357 g/mol. The van der Waals surface area contributed by atoms with Gasteiger partial charge >= 0.3 is 0 Å². The third-order valence-corrected chi connectivity index (χ3v) is 4.69. The smallest absolute Gasteiger partial charge is 0.225 e. The van der Waals surface area contributed by atoms with Gasteiger partial charge in [-0.15, -0.1) is 0 Å². The molecule has 4 nitrogen and oxygen atoms in total. The number of carbonyl (C=O) groups is 2. The molecule has 130 valence electrons. The van der Waals surface area contributed by atoms with Crippen LogP contribution in [-0.4, -0.2) is 29.8 Å². The molecule has 0 aliphatic carbocycles. The number of carbonyl (C=O) groups excluding carboxylic acids is 2. The minimum absolute atomic E-state index is 0.0434. The van der Waals surface area contributed by atoms with Crippen molar-refractivity contribution in [2.75, 3.05) is 13.1 Å². The third kappa shape index (κ3) is 4.83. The lowest BCUT2D eigenvalue weighted by Crippen LogP contribution is -2.33. The van der Waals surface area contributed by atoms with Crippen LogP contribution in [0.3, 0.4) is 0 Å². The fraction of sp³-hybridized carbons (Fsp3) is 0.300. The molecule has 0 aromatic heterocycles. The Labute approximate surface area is 152 Å². The van der Waals surface area contributed by atoms with Crippen molar-refractivity contribution in [3.05, 3.63) is 70.7 Å². The molecule has 5 heteroatoms. The predicted octanol–water partition coefficient (Wildman–Crippen LogP) is 3.05. The molecule has 1 aliphatic rings. The Morgan fingerprint density at radius 1 is 1.12 bits per heavy atom. The summed E-state index contributed by atoms with van der Waals surface area (Å²) in [5.74, 6) is -0.278. The molecule has 2 aromatic carbocycles. The second-order valence-corrected chi connectivity index (χ2v) is 6.76. The maximum atomic E-state index is 12.3. The van der Waals surface area contributed by atoms with Crippen LogP contribution in [0.2, 0.25) is 5.02 Å². The number of halogens is 1. The van der Waals surface area contributed by atoms with Gasteiger partial charge in [-0.05, 0) is 29.7 Å². The number of rotatable bonds is 6. The fourth-order valence-electron chi connectivity index (χ4n) is 3.05. The quantitative estimate of drug-likeness (QED) is 0.864. The van der Waals surface area contributed by atoms with Crippen LogP contribution in [0, 0.1) is 5.92 Å². The van der Waals surface area contributed by atoms with Crippen molar-refractivity contribution in [3.8, 4) is 0 Å². The van der Waals surface area contributed by atoms with Crippen LogP contribution >= 0.6 is 11.6 Å². The van der Waals surface area contributed by atoms with Crippen LogP contribution in [-0.2, 0) is 22.6 Å². The number of hydrogen-bond acceptors (Lipinski definition) is 2. The molecular weight excluding hydrogens is 336 g/mol. The van der Waals surface area contributed by atoms with Crippen molar-refractivity contribution in [2.24, 2.45) is 5.92 Å². The van der Waals surface area contributed by atoms with Crippen LogP contribution in [0.25, 0.3) is 0 Å². The number of nitrogens with one attached hydrogen (secondary N) is 1. The number of benzene rings is 2. The van der Waals surface area contributed by atoms with Crippen LogP contribution in [0.5, 0.6) is 0 Å². The number of hydrogen-bond donors (Lipinski definition) is 1. The molecule has 1 heterocycles. The molecule has 2 aromatic rings. The molecule has 0 saturated carbocycles. The van der Waals surface area contributed by atoms with E-state index in [9.17, 15) is 9.59 Å². The van der Waals surface area contributed by atoms with E-state index < -0.39 is 0 Å². The van der Waals surface area contributed by atoms with Gasteiger partial charge < -0.3 is 10.2 Å². The molecule has 0 spiro atoms. The van der Waals surface area contributed by atoms with E-state index in [1.807, 2.05) is 54.6 Å². The van der Waals surface area contributed by atoms with Crippen molar-refractivity contribution in [2.45, 2.75) is 19.4 Å². The Bertz CT molecular complexity index is 748. The Kier molecular flexibility index (Phi) is 5.71. The van der Waals surface area contributed by atoms with E-state index in [-0.39, 0.29) is 24.2 Å². The Morgan fingerprint density at radius 3 is 2.64 bits per heavy atom. The molecule has 25 heavy (non-hydrogen) atoms. The lowest BCUT2D eigenvalue weighted by molar-refractivity contribution is -0.129. The van der Waals surface area contributed by atoms with E-state index in [1.165, 1.54) is 0 Å². The average Bonchev–Trinajstić information content (AvgIpc) is 3.00. The number of nitrogens with zero attached hydrogens (tertiary/aromatic N) is 1. The Hall–Kier alpha value is -2.33. The molecule has 1 fully saturated rings. The molecular formula is C20H21ClN2O2. The van der Waals surface area contributed by atoms with Crippen LogP contribution in [0.4, 0.5) is 0 Å². The summed E-state index contributed by atoms with van der Waals surface area (Å²) in [5, 5.41) is 3.63. The predicted molar refractivity (Wildman–Crippen MR) is 98.1 cm³/mol. The minimum Gasteiger partial charge on any atom is -0.352 e. The van der Waals surface area contributed by atoms with Gasteiger partial charge in [-0.1, -0.05) is 54.1 Å². The van der Waals surface area contributed by atoms with Gasteiger partial charge in [0.25, 0.3) is 0 Å². The molecule has 1 aliphatic heterocycles. The van der Waals surface area contributed by atoms with E-state index in [2.05, 4.69) is 5.32 Å². The highest BCUT2D eigenvalue weighted by molar-refractivity contribution is 6.30. The normalized spacial score (nSPS) is 16.9. The van der Waals surface area contributed by atoms with Gasteiger partial charge in [0.15, 0.2) is 0 Å². The molecule has 2 amide bonds. The van der Waals surface area contributed by atoms with Crippen molar-refractivity contribution >= 4 is 23.4 Å². The first kappa shape index (κ1) is 17.5. The summed E-state index contributed by atoms with van der Waals surface area (Å²) in [7, 11) is 0. The Morgan fingerprint density at radius 2 is 1.88 bits per heavy atom. The zero-order valence-electron chi connectivity index (χ0n) is 14.0. The van der Waals surface area contributed by atoms with Crippen LogP contribution < -0.4 is 5.32 Å². The molecule has 3 rings (SSSR count). The Balaban J connectivity index is 1.49. The molecule has 1 N–H and O–H groups in total. The third-order valence-electron chi connectivity index (χ3n) is 4.45. The first-order valence-corrected chi connectivity index (χ1v) is 8.83. The highest BCUT2D eigenvalue weighted by Crippen LogP contribution is 2.19. The molecule has 0 radical (unpaired) electrons. The van der Waals surface area contributed by atoms with Gasteiger partial charge in [-0.2, -0.15) is 0 Å². The lowest BCUT2D eigenvalue weighted by atomic mass is 10.1. The van der Waals surface area contributed by atoms with Crippen molar-refractivity contribution < 1.29 is 9.59 Å². The van der Waals surface area contributed by atoms with Crippen molar-refractivity contribution in [3.63, 3.8) is 0 Å². The van der Waals surface area contributed by atoms with Gasteiger partial charge in [0, 0.05) is 31.1 Å². The van der Waals surface area contributed by atoms with E-state index in [0.29, 0.717) is 24.7 Å². The van der Waals surface area contributed by atoms with Gasteiger partial charge in [-0.3, -0.25) is 9.59 Å². The minimum atomic E-state index is -0.268. The van der Waals surface area contributed by atoms with Gasteiger partial charge in [0.05, 0.1) is 5.92 Å². The largest absolute Gasteiger partial charge is 0.352 e. The summed E-state index contributed by atoms with van der Waals surface area (Å²) in [6.45, 7) is 1.59. The van der Waals surface area contributed by atoms with Gasteiger partial charge in [0.2, 0.25) is 11.8 Å². The standard InChI is InChI=1S/C20H21ClN2O2/c21-18-8-4-7-15(11-18)9-10-23-14-17(12-19(23)24)20(25)22-13-16-5-2-1-3-6-16/h1-8,11,17H,9-10,12-14H2,(H,22,25). The summed E-state index contributed by atoms with van der Waals surface area (Å²) >= 11 is 5.99. The maximum Gasteiger partial charge on any atom is 0.225 e. The van der Waals surface area contributed by atoms with Crippen LogP contribution in [0.15, 0.2) is 54.6 Å². The molecule has 1 saturated heterocycles. The van der Waals surface area contributed by atoms with Crippen molar-refractivity contribution in [1.82, 2.24) is 10.2 Å². The molecule has 0 bridgehead atoms. The second kappa shape index (κ2) is 8.17. The monoisotopic (exact) mass is 356 g/mol. The SMILES string of the molecule is O=C(NCc1ccccc1)C1CC(=O)N(CCc2cccc(Cl)c2)C1. The summed E-state index contributed by atoms with van der Waals surface area (Å²) < 4.78 is 0. The topological polar surface area (TPSA) is 49.4 Å². The number of likely N-dealkylation sites (tertiary alicyclic amines) is 1. The van der Waals surface area contributed by atoms with Crippen LogP contribution in [0.1, 0.15) is 17.5 Å². The van der Waals surface area contributed by atoms with Gasteiger partial charge in [-0.25, -0.2) is 0 Å². The molecule has 1 unspecified atom stereocenters. The summed E-state index contributed by atoms with van der Waals surface area (Å²) in [5.41, 5.74) is 2.15. The fourth-order valence-corrected chi connectivity index (χ4v) is 3.26. The van der Waals surface area contributed by atoms with E-state index in [1.54, 1.807) is 4.90 Å². The summed E-state index contributed by atoms with van der Waals surface area (Å²) in [6, 6.07) is 17.4. The van der Waals surface area contributed by atoms with Crippen molar-refractivity contribution in [1.29, 1.82) is 0 Å². The molecule has 1 atom stereocenters. The summed E-state index contributed by atoms with van der Waals surface area (Å²) in [4.78, 5) is 26.3. The zero-order valence-corrected chi connectivity index (χ0v) is 14.7. The van der Waals surface area contributed by atoms with E-state index in [4.69, 9.17) is 11.6 Å². The first-order chi connectivity index (χ1) is 12.1. The zero-order chi connectivity index (χ0) is 17.6. The lowest BCUT2D eigenvalue weighted by Gasteiger charge is -2.16. The maximum absolute atomic E-state index is 12.3. The summed E-state index contributed by atoms with van der Waals surface area (Å²) in [6.07, 6.45) is 1.03. The van der Waals surface area contributed by atoms with E-state index in [0.717, 1.165) is 17.5 Å². The van der Waals surface area contributed by atoms with Gasteiger partial charge in [0.1, 0.15) is 0 Å². The number of amides is 2. The second-order valence-electron chi connectivity index (χ2n) is 6.32. The van der Waals surface area contributed by atoms with E-state index >= 15 is 0 Å². The highest BCUT2D eigenvalue weighted by Gasteiger charge is 2.33. The highest BCUT2D eigenvalue weighted by atomic mass is 35.5.